The number of nitrogens with one attached hydrogen (secondary N) is 1. The van der Waals surface area contributed by atoms with E-state index < -0.39 is 10.5 Å². The SMILES string of the molecule is CCC(C)(O)CNc1ncc([N+](=O)[O-])cc1C. The van der Waals surface area contributed by atoms with Gasteiger partial charge in [0.1, 0.15) is 12.0 Å². The summed E-state index contributed by atoms with van der Waals surface area (Å²) in [5.74, 6) is 0.560. The van der Waals surface area contributed by atoms with E-state index >= 15 is 0 Å². The van der Waals surface area contributed by atoms with Crippen LogP contribution in [-0.2, 0) is 0 Å². The standard InChI is InChI=1S/C11H17N3O3/c1-4-11(3,15)7-13-10-8(2)5-9(6-12-10)14(16)17/h5-6,15H,4,7H2,1-3H3,(H,12,13). The Morgan fingerprint density at radius 3 is 2.76 bits per heavy atom. The first-order valence-electron chi connectivity index (χ1n) is 5.43. The Hall–Kier alpha value is -1.69. The zero-order valence-corrected chi connectivity index (χ0v) is 10.2. The molecule has 0 aliphatic rings. The summed E-state index contributed by atoms with van der Waals surface area (Å²) in [4.78, 5) is 14.0. The van der Waals surface area contributed by atoms with Gasteiger partial charge in [0.25, 0.3) is 5.69 Å². The molecule has 2 N–H and O–H groups in total. The van der Waals surface area contributed by atoms with E-state index in [0.717, 1.165) is 0 Å². The van der Waals surface area contributed by atoms with Crippen LogP contribution in [-0.4, -0.2) is 27.2 Å². The van der Waals surface area contributed by atoms with Crippen molar-refractivity contribution in [3.8, 4) is 0 Å². The molecule has 94 valence electrons. The second kappa shape index (κ2) is 5.09. The van der Waals surface area contributed by atoms with Crippen molar-refractivity contribution in [2.45, 2.75) is 32.8 Å². The number of pyridine rings is 1. The van der Waals surface area contributed by atoms with Crippen LogP contribution in [0, 0.1) is 17.0 Å². The molecule has 0 saturated heterocycles. The molecule has 17 heavy (non-hydrogen) atoms. The van der Waals surface area contributed by atoms with Gasteiger partial charge in [0.05, 0.1) is 10.5 Å². The number of aromatic nitrogens is 1. The van der Waals surface area contributed by atoms with E-state index in [1.165, 1.54) is 12.3 Å². The van der Waals surface area contributed by atoms with Crippen LogP contribution >= 0.6 is 0 Å². The Balaban J connectivity index is 2.77. The van der Waals surface area contributed by atoms with Gasteiger partial charge in [-0.1, -0.05) is 6.92 Å². The molecule has 1 aromatic rings. The van der Waals surface area contributed by atoms with Gasteiger partial charge in [0.15, 0.2) is 0 Å². The molecule has 0 saturated carbocycles. The van der Waals surface area contributed by atoms with Crippen molar-refractivity contribution < 1.29 is 10.0 Å². The van der Waals surface area contributed by atoms with Crippen LogP contribution in [0.15, 0.2) is 12.3 Å². The van der Waals surface area contributed by atoms with Crippen molar-refractivity contribution in [1.82, 2.24) is 4.98 Å². The fourth-order valence-electron chi connectivity index (χ4n) is 1.24. The van der Waals surface area contributed by atoms with Crippen molar-refractivity contribution in [1.29, 1.82) is 0 Å². The van der Waals surface area contributed by atoms with Gasteiger partial charge in [-0.05, 0) is 25.8 Å². The predicted molar refractivity (Wildman–Crippen MR) is 65.0 cm³/mol. The van der Waals surface area contributed by atoms with Crippen LogP contribution in [0.3, 0.4) is 0 Å². The maximum atomic E-state index is 10.5. The van der Waals surface area contributed by atoms with Crippen molar-refractivity contribution in [3.63, 3.8) is 0 Å². The highest BCUT2D eigenvalue weighted by Crippen LogP contribution is 2.19. The molecule has 6 nitrogen and oxygen atoms in total. The quantitative estimate of drug-likeness (QED) is 0.605. The highest BCUT2D eigenvalue weighted by atomic mass is 16.6. The first kappa shape index (κ1) is 13.4. The van der Waals surface area contributed by atoms with Gasteiger partial charge in [-0.15, -0.1) is 0 Å². The van der Waals surface area contributed by atoms with Crippen LogP contribution in [0.4, 0.5) is 11.5 Å². The van der Waals surface area contributed by atoms with E-state index in [1.807, 2.05) is 6.92 Å². The van der Waals surface area contributed by atoms with Crippen molar-refractivity contribution in [3.05, 3.63) is 27.9 Å². The Morgan fingerprint density at radius 1 is 1.65 bits per heavy atom. The number of aryl methyl sites for hydroxylation is 1. The smallest absolute Gasteiger partial charge is 0.287 e. The largest absolute Gasteiger partial charge is 0.388 e. The molecule has 1 aromatic heterocycles. The number of hydrogen-bond acceptors (Lipinski definition) is 5. The molecule has 0 radical (unpaired) electrons. The first-order chi connectivity index (χ1) is 7.85. The van der Waals surface area contributed by atoms with Gasteiger partial charge in [0.2, 0.25) is 0 Å². The molecule has 0 fully saturated rings. The van der Waals surface area contributed by atoms with E-state index in [2.05, 4.69) is 10.3 Å². The number of hydrogen-bond donors (Lipinski definition) is 2. The summed E-state index contributed by atoms with van der Waals surface area (Å²) in [6, 6.07) is 1.45. The number of anilines is 1. The van der Waals surface area contributed by atoms with Gasteiger partial charge in [0, 0.05) is 12.6 Å². The van der Waals surface area contributed by atoms with Gasteiger partial charge in [-0.25, -0.2) is 4.98 Å². The summed E-state index contributed by atoms with van der Waals surface area (Å²) in [6.45, 7) is 5.71. The molecule has 0 aliphatic carbocycles. The minimum absolute atomic E-state index is 0.0321. The summed E-state index contributed by atoms with van der Waals surface area (Å²) < 4.78 is 0. The van der Waals surface area contributed by atoms with Gasteiger partial charge < -0.3 is 10.4 Å². The topological polar surface area (TPSA) is 88.3 Å². The molecule has 0 amide bonds. The fraction of sp³-hybridized carbons (Fsp3) is 0.545. The van der Waals surface area contributed by atoms with Crippen LogP contribution in [0.25, 0.3) is 0 Å². The highest BCUT2D eigenvalue weighted by Gasteiger charge is 2.18. The predicted octanol–water partition coefficient (Wildman–Crippen LogP) is 1.87. The number of aliphatic hydroxyl groups is 1. The molecular formula is C11H17N3O3. The number of rotatable bonds is 5. The zero-order valence-electron chi connectivity index (χ0n) is 10.2. The van der Waals surface area contributed by atoms with E-state index in [4.69, 9.17) is 0 Å². The van der Waals surface area contributed by atoms with Crippen molar-refractivity contribution in [2.75, 3.05) is 11.9 Å². The Kier molecular flexibility index (Phi) is 4.01. The second-order valence-electron chi connectivity index (χ2n) is 4.32. The third kappa shape index (κ3) is 3.67. The average molecular weight is 239 g/mol. The zero-order chi connectivity index (χ0) is 13.1. The first-order valence-corrected chi connectivity index (χ1v) is 5.43. The molecule has 1 unspecified atom stereocenters. The monoisotopic (exact) mass is 239 g/mol. The van der Waals surface area contributed by atoms with E-state index in [0.29, 0.717) is 24.3 Å². The third-order valence-electron chi connectivity index (χ3n) is 2.67. The molecule has 0 bridgehead atoms. The van der Waals surface area contributed by atoms with E-state index in [9.17, 15) is 15.2 Å². The molecule has 0 aromatic carbocycles. The number of nitro groups is 1. The second-order valence-corrected chi connectivity index (χ2v) is 4.32. The molecular weight excluding hydrogens is 222 g/mol. The molecule has 1 rings (SSSR count). The van der Waals surface area contributed by atoms with E-state index in [1.54, 1.807) is 13.8 Å². The average Bonchev–Trinajstić information content (AvgIpc) is 2.27. The summed E-state index contributed by atoms with van der Waals surface area (Å²) in [5, 5.41) is 23.3. The summed E-state index contributed by atoms with van der Waals surface area (Å²) in [6.07, 6.45) is 1.82. The maximum Gasteiger partial charge on any atom is 0.287 e. The highest BCUT2D eigenvalue weighted by molar-refractivity contribution is 5.48. The fourth-order valence-corrected chi connectivity index (χ4v) is 1.24. The normalized spacial score (nSPS) is 14.1. The molecule has 1 heterocycles. The van der Waals surface area contributed by atoms with E-state index in [-0.39, 0.29) is 5.69 Å². The van der Waals surface area contributed by atoms with Crippen LogP contribution in [0.5, 0.6) is 0 Å². The lowest BCUT2D eigenvalue weighted by molar-refractivity contribution is -0.385. The maximum absolute atomic E-state index is 10.5. The molecule has 6 heteroatoms. The van der Waals surface area contributed by atoms with Crippen molar-refractivity contribution in [2.24, 2.45) is 0 Å². The minimum atomic E-state index is -0.810. The summed E-state index contributed by atoms with van der Waals surface area (Å²) in [7, 11) is 0. The third-order valence-corrected chi connectivity index (χ3v) is 2.67. The Morgan fingerprint density at radius 2 is 2.29 bits per heavy atom. The summed E-state index contributed by atoms with van der Waals surface area (Å²) in [5.41, 5.74) is -0.156. The molecule has 0 spiro atoms. The molecule has 0 aliphatic heterocycles. The lowest BCUT2D eigenvalue weighted by Crippen LogP contribution is -2.32. The van der Waals surface area contributed by atoms with Gasteiger partial charge >= 0.3 is 0 Å². The number of nitrogens with zero attached hydrogens (tertiary/aromatic N) is 2. The summed E-state index contributed by atoms with van der Waals surface area (Å²) >= 11 is 0. The lowest BCUT2D eigenvalue weighted by Gasteiger charge is -2.22. The van der Waals surface area contributed by atoms with Gasteiger partial charge in [-0.2, -0.15) is 0 Å². The van der Waals surface area contributed by atoms with Crippen LogP contribution in [0.2, 0.25) is 0 Å². The van der Waals surface area contributed by atoms with Crippen LogP contribution < -0.4 is 5.32 Å². The lowest BCUT2D eigenvalue weighted by atomic mass is 10.0. The minimum Gasteiger partial charge on any atom is -0.388 e. The molecule has 1 atom stereocenters. The van der Waals surface area contributed by atoms with Gasteiger partial charge in [-0.3, -0.25) is 10.1 Å². The van der Waals surface area contributed by atoms with Crippen molar-refractivity contribution >= 4 is 11.5 Å². The Bertz CT molecular complexity index is 418. The Labute approximate surface area is 99.8 Å². The van der Waals surface area contributed by atoms with Crippen LogP contribution in [0.1, 0.15) is 25.8 Å².